The molecule has 12 aromatic heterocycles. The Morgan fingerprint density at radius 1 is 0.247 bits per heavy atom. The van der Waals surface area contributed by atoms with Crippen molar-refractivity contribution in [1.82, 2.24) is 49.8 Å². The topological polar surface area (TPSA) is 382 Å². The van der Waals surface area contributed by atoms with Crippen LogP contribution >= 0.6 is 0 Å². The van der Waals surface area contributed by atoms with Gasteiger partial charge in [-0.15, -0.1) is 0 Å². The summed E-state index contributed by atoms with van der Waals surface area (Å²) >= 11 is 0. The van der Waals surface area contributed by atoms with Gasteiger partial charge in [-0.3, -0.25) is 48.7 Å². The van der Waals surface area contributed by atoms with Crippen LogP contribution < -0.4 is 31.9 Å². The SMILES string of the molecule is Cc1ccccc1C(=O)Nc1cnc(-c2c(C)oc3c2CCCC3)cn1.Cc1oc2c(c1-c1ccc(NC(=O)C(C)C)nc1)CCCC2.Cc1oc2c(c1-c1ccc(NC(=O)c3c(F)cccc3F)nc1)CCCC2.Cc1oc2c(c1-c1cnc(NC(=O)C(C)C)cn1)CCCC2.Cc1oc2c(c1-c1cnc(NC(=O)c3c(F)cccc3F)cn1)CCCC2.Cc1oc2c(c1-c1cnc(NC(=O)c3ccccc3F)cn1)CCCC2. The van der Waals surface area contributed by atoms with E-state index in [2.05, 4.69) is 81.7 Å². The average Bonchev–Trinajstić information content (AvgIpc) is 1.65. The lowest BCUT2D eigenvalue weighted by molar-refractivity contribution is -0.119. The van der Waals surface area contributed by atoms with Gasteiger partial charge < -0.3 is 58.4 Å². The van der Waals surface area contributed by atoms with Crippen LogP contribution in [-0.4, -0.2) is 85.3 Å². The quantitative estimate of drug-likeness (QED) is 0.0435. The van der Waals surface area contributed by atoms with Gasteiger partial charge in [0, 0.05) is 146 Å². The zero-order valence-electron chi connectivity index (χ0n) is 85.6. The molecule has 0 atom stereocenters. The van der Waals surface area contributed by atoms with Crippen molar-refractivity contribution in [3.05, 3.63) is 331 Å². The first-order valence-electron chi connectivity index (χ1n) is 50.9. The fraction of sp³-hybridized carbons (Fsp3) is 0.316. The lowest BCUT2D eigenvalue weighted by Gasteiger charge is -2.11. The van der Waals surface area contributed by atoms with E-state index in [0.29, 0.717) is 28.7 Å². The van der Waals surface area contributed by atoms with E-state index in [1.165, 1.54) is 126 Å². The Morgan fingerprint density at radius 3 is 0.787 bits per heavy atom. The number of aromatic nitrogens is 10. The maximum absolute atomic E-state index is 13.7. The first kappa shape index (κ1) is 105. The summed E-state index contributed by atoms with van der Waals surface area (Å²) in [5.41, 5.74) is 19.0. The molecule has 0 radical (unpaired) electrons. The number of furan rings is 6. The number of fused-ring (bicyclic) bond motifs is 6. The van der Waals surface area contributed by atoms with Crippen LogP contribution in [0.1, 0.15) is 254 Å². The molecular formula is C117H117F5N16O12. The third kappa shape index (κ3) is 24.4. The average molecular weight is 2030 g/mol. The molecule has 6 aliphatic rings. The maximum Gasteiger partial charge on any atom is 0.262 e. The van der Waals surface area contributed by atoms with Gasteiger partial charge in [-0.05, 0) is 236 Å². The number of amides is 6. The van der Waals surface area contributed by atoms with E-state index < -0.39 is 57.9 Å². The van der Waals surface area contributed by atoms with Crippen LogP contribution in [0.4, 0.5) is 56.9 Å². The first-order chi connectivity index (χ1) is 72.5. The van der Waals surface area contributed by atoms with Gasteiger partial charge in [-0.2, -0.15) is 0 Å². The molecule has 0 saturated carbocycles. The van der Waals surface area contributed by atoms with Crippen LogP contribution in [0, 0.1) is 89.4 Å². The van der Waals surface area contributed by atoms with Gasteiger partial charge in [0.1, 0.15) is 121 Å². The predicted molar refractivity (Wildman–Crippen MR) is 560 cm³/mol. The van der Waals surface area contributed by atoms with Crippen molar-refractivity contribution in [2.24, 2.45) is 11.8 Å². The number of nitrogens with zero attached hydrogens (tertiary/aromatic N) is 10. The van der Waals surface area contributed by atoms with Crippen LogP contribution in [0.15, 0.2) is 198 Å². The van der Waals surface area contributed by atoms with Crippen molar-refractivity contribution in [1.29, 1.82) is 0 Å². The van der Waals surface area contributed by atoms with Crippen LogP contribution in [0.3, 0.4) is 0 Å². The molecule has 12 heterocycles. The summed E-state index contributed by atoms with van der Waals surface area (Å²) < 4.78 is 104. The number of carbonyl (C=O) groups is 6. The highest BCUT2D eigenvalue weighted by molar-refractivity contribution is 6.07. The number of nitrogens with one attached hydrogen (secondary N) is 6. The minimum Gasteiger partial charge on any atom is -0.465 e. The van der Waals surface area contributed by atoms with Crippen molar-refractivity contribution in [2.45, 2.75) is 230 Å². The second-order valence-corrected chi connectivity index (χ2v) is 38.5. The molecule has 150 heavy (non-hydrogen) atoms. The molecule has 16 aromatic rings. The number of carbonyl (C=O) groups excluding carboxylic acids is 6. The molecule has 0 bridgehead atoms. The highest BCUT2D eigenvalue weighted by Crippen LogP contribution is 2.44. The highest BCUT2D eigenvalue weighted by Gasteiger charge is 2.32. The van der Waals surface area contributed by atoms with Gasteiger partial charge >= 0.3 is 0 Å². The molecule has 0 aliphatic heterocycles. The molecule has 6 amide bonds. The summed E-state index contributed by atoms with van der Waals surface area (Å²) in [7, 11) is 0. The normalized spacial score (nSPS) is 13.5. The number of anilines is 6. The van der Waals surface area contributed by atoms with Crippen molar-refractivity contribution in [2.75, 3.05) is 31.9 Å². The monoisotopic (exact) mass is 2030 g/mol. The number of benzene rings is 4. The molecule has 6 N–H and O–H groups in total. The van der Waals surface area contributed by atoms with Crippen LogP contribution in [-0.2, 0) is 86.6 Å². The number of hydrogen-bond acceptors (Lipinski definition) is 22. The molecule has 0 fully saturated rings. The summed E-state index contributed by atoms with van der Waals surface area (Å²) in [6, 6.07) is 27.1. The first-order valence-corrected chi connectivity index (χ1v) is 50.9. The van der Waals surface area contributed by atoms with Crippen molar-refractivity contribution < 1.29 is 77.2 Å². The van der Waals surface area contributed by atoms with E-state index in [0.717, 1.165) is 271 Å². The molecule has 4 aromatic carbocycles. The largest absolute Gasteiger partial charge is 0.465 e. The third-order valence-electron chi connectivity index (χ3n) is 27.2. The molecule has 33 heteroatoms. The summed E-state index contributed by atoms with van der Waals surface area (Å²) in [6.45, 7) is 21.1. The predicted octanol–water partition coefficient (Wildman–Crippen LogP) is 26.0. The smallest absolute Gasteiger partial charge is 0.262 e. The number of hydrogen-bond donors (Lipinski definition) is 6. The summed E-state index contributed by atoms with van der Waals surface area (Å²) in [5.74, 6) is 6.80. The number of halogens is 5. The van der Waals surface area contributed by atoms with Gasteiger partial charge in [-0.25, -0.2) is 51.9 Å². The Morgan fingerprint density at radius 2 is 0.493 bits per heavy atom. The zero-order valence-corrected chi connectivity index (χ0v) is 85.6. The Kier molecular flexibility index (Phi) is 33.4. The van der Waals surface area contributed by atoms with Crippen LogP contribution in [0.25, 0.3) is 67.3 Å². The second-order valence-electron chi connectivity index (χ2n) is 38.5. The summed E-state index contributed by atoms with van der Waals surface area (Å²) in [4.78, 5) is 116. The van der Waals surface area contributed by atoms with E-state index in [9.17, 15) is 50.7 Å². The van der Waals surface area contributed by atoms with E-state index in [1.807, 2.05) is 119 Å². The van der Waals surface area contributed by atoms with Crippen LogP contribution in [0.5, 0.6) is 0 Å². The minimum absolute atomic E-state index is 0.0166. The van der Waals surface area contributed by atoms with Gasteiger partial charge in [-0.1, -0.05) is 70.2 Å². The minimum atomic E-state index is -0.933. The summed E-state index contributed by atoms with van der Waals surface area (Å²) in [6.07, 6.45) is 41.9. The Labute approximate surface area is 864 Å². The van der Waals surface area contributed by atoms with E-state index in [-0.39, 0.29) is 52.6 Å². The second kappa shape index (κ2) is 47.7. The summed E-state index contributed by atoms with van der Waals surface area (Å²) in [5, 5.41) is 15.8. The maximum atomic E-state index is 13.7. The fourth-order valence-electron chi connectivity index (χ4n) is 19.8. The molecule has 6 aliphatic carbocycles. The molecule has 0 unspecified atom stereocenters. The highest BCUT2D eigenvalue weighted by atomic mass is 19.1. The molecular weight excluding hydrogens is 1920 g/mol. The lowest BCUT2D eigenvalue weighted by Crippen LogP contribution is -2.18. The van der Waals surface area contributed by atoms with Gasteiger partial charge in [0.25, 0.3) is 23.6 Å². The number of pyridine rings is 2. The van der Waals surface area contributed by atoms with Gasteiger partial charge in [0.15, 0.2) is 23.3 Å². The van der Waals surface area contributed by atoms with Gasteiger partial charge in [0.05, 0.1) is 77.9 Å². The Hall–Kier alpha value is -16.4. The molecule has 22 rings (SSSR count). The molecule has 0 spiro atoms. The Bertz CT molecular complexity index is 7130. The number of aryl methyl sites for hydroxylation is 13. The van der Waals surface area contributed by atoms with E-state index in [4.69, 9.17) is 26.5 Å². The van der Waals surface area contributed by atoms with Crippen molar-refractivity contribution in [3.8, 4) is 67.3 Å². The molecule has 772 valence electrons. The number of rotatable bonds is 18. The van der Waals surface area contributed by atoms with E-state index in [1.54, 1.807) is 55.4 Å². The van der Waals surface area contributed by atoms with Gasteiger partial charge in [0.2, 0.25) is 11.8 Å². The third-order valence-corrected chi connectivity index (χ3v) is 27.2. The standard InChI is InChI=1S/C21H18F2N2O2.C21H21N3O2.C20H17F2N3O2.C20H18FN3O2.C18H22N2O2.C17H21N3O2/c1-12-19(14-5-2-3-8-17(14)27-12)13-9-10-18(24-11-13)25-21(26)20-15(22)6-4-7-16(20)23;1-13-7-3-4-8-15(13)21(25)24-19-12-22-17(11-23-19)20-14(2)26-18-10-6-5-9-16(18)20;1-11-18(12-5-2-3-8-16(12)27-11)15-9-24-17(10-23-15)25-20(26)19-13(21)6-4-7-14(19)22;1-12-19(14-7-3-5-9-17(14)26-12)16-10-23-18(11-22-16)24-20(25)13-6-2-4-8-15(13)21;1-11(2)18(21)20-16-9-8-13(10-19-16)17-12(3)22-15-7-5-4-6-14(15)17;1-10(2)17(21)20-15-9-18-13(8-19-15)16-11(3)22-14-7-5-4-6-12(14)16/h4,6-7,9-11H,2-3,5,8H2,1H3,(H,24,25,26);3-4,7-8,11-12H,5-6,9-10H2,1-2H3,(H,23,24,25);4,6-7,9-10H,2-3,5,8H2,1H3,(H,24,25,26);2,4,6,8,10-11H,3,5,7,9H2,1H3,(H,23,24,25);8-11H,4-7H2,1-3H3,(H,19,20,21);8-10H,4-7H2,1-3H3,(H,19,20,21). The lowest BCUT2D eigenvalue weighted by atomic mass is 9.92. The fourth-order valence-corrected chi connectivity index (χ4v) is 19.8. The zero-order chi connectivity index (χ0) is 106. The van der Waals surface area contributed by atoms with E-state index >= 15 is 0 Å². The van der Waals surface area contributed by atoms with Crippen molar-refractivity contribution in [3.63, 3.8) is 0 Å². The van der Waals surface area contributed by atoms with Crippen molar-refractivity contribution >= 4 is 70.4 Å². The Balaban J connectivity index is 0.000000123. The molecule has 28 nitrogen and oxygen atoms in total. The van der Waals surface area contributed by atoms with Crippen LogP contribution in [0.2, 0.25) is 0 Å². The molecule has 0 saturated heterocycles.